The van der Waals surface area contributed by atoms with Crippen LogP contribution < -0.4 is 0 Å². The van der Waals surface area contributed by atoms with E-state index < -0.39 is 0 Å². The minimum Gasteiger partial charge on any atom is -0.396 e. The number of aliphatic hydroxyl groups is 1. The van der Waals surface area contributed by atoms with E-state index in [1.807, 2.05) is 0 Å². The predicted octanol–water partition coefficient (Wildman–Crippen LogP) is -0.608. The normalized spacial score (nSPS) is 48.3. The second-order valence-corrected chi connectivity index (χ2v) is 2.62. The molecule has 2 heterocycles. The maximum atomic E-state index is 8.73. The Labute approximate surface area is 53.6 Å². The quantitative estimate of drug-likeness (QED) is 0.481. The summed E-state index contributed by atoms with van der Waals surface area (Å²) in [5.74, 6) is 0.240. The van der Waals surface area contributed by atoms with Crippen molar-refractivity contribution in [1.82, 2.24) is 0 Å². The standard InChI is InChI=1S/C6H10O3/c7-1-4-2-8-3-5-6(4)9-5/h4-7H,1-3H2. The van der Waals surface area contributed by atoms with Gasteiger partial charge in [0.05, 0.1) is 25.9 Å². The van der Waals surface area contributed by atoms with Gasteiger partial charge in [0.15, 0.2) is 0 Å². The molecule has 0 aliphatic carbocycles. The fourth-order valence-corrected chi connectivity index (χ4v) is 1.29. The fraction of sp³-hybridized carbons (Fsp3) is 1.00. The van der Waals surface area contributed by atoms with E-state index in [4.69, 9.17) is 14.6 Å². The van der Waals surface area contributed by atoms with Gasteiger partial charge in [0.2, 0.25) is 0 Å². The molecule has 0 saturated carbocycles. The second kappa shape index (κ2) is 1.94. The number of fused-ring (bicyclic) bond motifs is 1. The van der Waals surface area contributed by atoms with Gasteiger partial charge in [-0.25, -0.2) is 0 Å². The largest absolute Gasteiger partial charge is 0.396 e. The molecule has 0 aromatic rings. The first-order valence-electron chi connectivity index (χ1n) is 3.26. The molecule has 52 valence electrons. The van der Waals surface area contributed by atoms with Gasteiger partial charge in [-0.3, -0.25) is 0 Å². The predicted molar refractivity (Wildman–Crippen MR) is 30.1 cm³/mol. The highest BCUT2D eigenvalue weighted by atomic mass is 16.6. The summed E-state index contributed by atoms with van der Waals surface area (Å²) in [5, 5.41) is 8.73. The highest BCUT2D eigenvalue weighted by Crippen LogP contribution is 2.33. The number of rotatable bonds is 1. The maximum absolute atomic E-state index is 8.73. The highest BCUT2D eigenvalue weighted by molar-refractivity contribution is 4.93. The van der Waals surface area contributed by atoms with Crippen LogP contribution in [0.2, 0.25) is 0 Å². The van der Waals surface area contributed by atoms with E-state index in [2.05, 4.69) is 0 Å². The lowest BCUT2D eigenvalue weighted by atomic mass is 10.0. The lowest BCUT2D eigenvalue weighted by Crippen LogP contribution is -2.28. The minimum atomic E-state index is 0.196. The van der Waals surface area contributed by atoms with Crippen molar-refractivity contribution >= 4 is 0 Å². The molecule has 0 radical (unpaired) electrons. The summed E-state index contributed by atoms with van der Waals surface area (Å²) >= 11 is 0. The molecule has 2 fully saturated rings. The molecule has 2 aliphatic rings. The van der Waals surface area contributed by atoms with Gasteiger partial charge >= 0.3 is 0 Å². The van der Waals surface area contributed by atoms with Crippen LogP contribution in [0, 0.1) is 5.92 Å². The molecule has 0 aromatic heterocycles. The molecule has 3 atom stereocenters. The molecule has 3 nitrogen and oxygen atoms in total. The monoisotopic (exact) mass is 130 g/mol. The third-order valence-corrected chi connectivity index (χ3v) is 1.93. The Hall–Kier alpha value is -0.120. The Kier molecular flexibility index (Phi) is 1.22. The lowest BCUT2D eigenvalue weighted by Gasteiger charge is -2.15. The van der Waals surface area contributed by atoms with Gasteiger partial charge in [-0.05, 0) is 0 Å². The van der Waals surface area contributed by atoms with Crippen LogP contribution >= 0.6 is 0 Å². The maximum Gasteiger partial charge on any atom is 0.108 e. The fourth-order valence-electron chi connectivity index (χ4n) is 1.29. The Bertz CT molecular complexity index is 115. The van der Waals surface area contributed by atoms with Crippen molar-refractivity contribution in [3.05, 3.63) is 0 Å². The van der Waals surface area contributed by atoms with Crippen LogP contribution in [-0.4, -0.2) is 37.1 Å². The first kappa shape index (κ1) is 5.65. The van der Waals surface area contributed by atoms with Crippen LogP contribution in [-0.2, 0) is 9.47 Å². The third kappa shape index (κ3) is 0.852. The lowest BCUT2D eigenvalue weighted by molar-refractivity contribution is 0.0500. The molecule has 2 saturated heterocycles. The van der Waals surface area contributed by atoms with Crippen molar-refractivity contribution < 1.29 is 14.6 Å². The van der Waals surface area contributed by atoms with E-state index in [0.717, 1.165) is 6.61 Å². The summed E-state index contributed by atoms with van der Waals surface area (Å²) in [4.78, 5) is 0. The molecule has 0 bridgehead atoms. The Morgan fingerprint density at radius 3 is 3.00 bits per heavy atom. The number of epoxide rings is 1. The smallest absolute Gasteiger partial charge is 0.108 e. The molecule has 9 heavy (non-hydrogen) atoms. The molecular weight excluding hydrogens is 120 g/mol. The molecule has 2 rings (SSSR count). The van der Waals surface area contributed by atoms with Crippen LogP contribution in [0.3, 0.4) is 0 Å². The van der Waals surface area contributed by atoms with E-state index in [1.165, 1.54) is 0 Å². The molecule has 0 aromatic carbocycles. The van der Waals surface area contributed by atoms with E-state index in [-0.39, 0.29) is 12.5 Å². The summed E-state index contributed by atoms with van der Waals surface area (Å²) in [6.45, 7) is 1.58. The molecule has 2 aliphatic heterocycles. The number of ether oxygens (including phenoxy) is 2. The first-order chi connectivity index (χ1) is 4.42. The number of hydrogen-bond acceptors (Lipinski definition) is 3. The summed E-state index contributed by atoms with van der Waals surface area (Å²) in [6, 6.07) is 0. The summed E-state index contributed by atoms with van der Waals surface area (Å²) in [5.41, 5.74) is 0. The van der Waals surface area contributed by atoms with Crippen molar-refractivity contribution in [3.63, 3.8) is 0 Å². The van der Waals surface area contributed by atoms with Gasteiger partial charge in [-0.1, -0.05) is 0 Å². The van der Waals surface area contributed by atoms with Gasteiger partial charge in [-0.15, -0.1) is 0 Å². The molecular formula is C6H10O3. The average molecular weight is 130 g/mol. The zero-order chi connectivity index (χ0) is 6.27. The van der Waals surface area contributed by atoms with Crippen molar-refractivity contribution in [2.75, 3.05) is 19.8 Å². The summed E-state index contributed by atoms with van der Waals surface area (Å²) < 4.78 is 10.3. The number of aliphatic hydroxyl groups excluding tert-OH is 1. The van der Waals surface area contributed by atoms with Gasteiger partial charge in [-0.2, -0.15) is 0 Å². The Balaban J connectivity index is 1.93. The van der Waals surface area contributed by atoms with Crippen LogP contribution in [0.15, 0.2) is 0 Å². The van der Waals surface area contributed by atoms with Crippen molar-refractivity contribution in [1.29, 1.82) is 0 Å². The molecule has 3 heteroatoms. The number of hydrogen-bond donors (Lipinski definition) is 1. The Morgan fingerprint density at radius 2 is 2.33 bits per heavy atom. The molecule has 0 spiro atoms. The van der Waals surface area contributed by atoms with E-state index in [9.17, 15) is 0 Å². The summed E-state index contributed by atoms with van der Waals surface area (Å²) in [6.07, 6.45) is 0.611. The van der Waals surface area contributed by atoms with Crippen molar-refractivity contribution in [3.8, 4) is 0 Å². The van der Waals surface area contributed by atoms with Gasteiger partial charge in [0.25, 0.3) is 0 Å². The Morgan fingerprint density at radius 1 is 1.44 bits per heavy atom. The van der Waals surface area contributed by atoms with Crippen molar-refractivity contribution in [2.45, 2.75) is 12.2 Å². The highest BCUT2D eigenvalue weighted by Gasteiger charge is 2.47. The van der Waals surface area contributed by atoms with Gasteiger partial charge in [0, 0.05) is 5.92 Å². The van der Waals surface area contributed by atoms with Crippen LogP contribution in [0.25, 0.3) is 0 Å². The SMILES string of the molecule is OCC1COCC2OC12. The molecule has 1 N–H and O–H groups in total. The topological polar surface area (TPSA) is 42.0 Å². The zero-order valence-electron chi connectivity index (χ0n) is 5.12. The summed E-state index contributed by atoms with van der Waals surface area (Å²) in [7, 11) is 0. The van der Waals surface area contributed by atoms with Crippen LogP contribution in [0.4, 0.5) is 0 Å². The first-order valence-corrected chi connectivity index (χ1v) is 3.26. The molecule has 0 amide bonds. The van der Waals surface area contributed by atoms with Crippen LogP contribution in [0.1, 0.15) is 0 Å². The second-order valence-electron chi connectivity index (χ2n) is 2.62. The van der Waals surface area contributed by atoms with Gasteiger partial charge < -0.3 is 14.6 Å². The van der Waals surface area contributed by atoms with Gasteiger partial charge in [0.1, 0.15) is 6.10 Å². The van der Waals surface area contributed by atoms with E-state index in [1.54, 1.807) is 0 Å². The van der Waals surface area contributed by atoms with E-state index >= 15 is 0 Å². The minimum absolute atomic E-state index is 0.196. The van der Waals surface area contributed by atoms with E-state index in [0.29, 0.717) is 18.8 Å². The molecule has 3 unspecified atom stereocenters. The average Bonchev–Trinajstić information content (AvgIpc) is 2.64. The van der Waals surface area contributed by atoms with Crippen LogP contribution in [0.5, 0.6) is 0 Å². The van der Waals surface area contributed by atoms with Crippen molar-refractivity contribution in [2.24, 2.45) is 5.92 Å². The zero-order valence-corrected chi connectivity index (χ0v) is 5.12. The third-order valence-electron chi connectivity index (χ3n) is 1.93.